The topological polar surface area (TPSA) is 40.5 Å². The van der Waals surface area contributed by atoms with Gasteiger partial charge in [0.1, 0.15) is 0 Å². The van der Waals surface area contributed by atoms with Gasteiger partial charge in [0, 0.05) is 29.0 Å². The summed E-state index contributed by atoms with van der Waals surface area (Å²) in [6, 6.07) is 7.53. The molecule has 0 bridgehead atoms. The Balaban J connectivity index is 1.74. The molecule has 1 aliphatic carbocycles. The van der Waals surface area contributed by atoms with E-state index in [2.05, 4.69) is 15.9 Å². The van der Waals surface area contributed by atoms with Crippen molar-refractivity contribution in [2.24, 2.45) is 5.92 Å². The van der Waals surface area contributed by atoms with Gasteiger partial charge in [0.05, 0.1) is 5.60 Å². The summed E-state index contributed by atoms with van der Waals surface area (Å²) in [5, 5.41) is 10.7. The van der Waals surface area contributed by atoms with Gasteiger partial charge in [0.25, 0.3) is 5.91 Å². The van der Waals surface area contributed by atoms with Crippen LogP contribution in [-0.4, -0.2) is 34.6 Å². The Morgan fingerprint density at radius 3 is 3.00 bits per heavy atom. The molecule has 0 radical (unpaired) electrons. The number of rotatable bonds is 1. The van der Waals surface area contributed by atoms with E-state index in [0.29, 0.717) is 13.1 Å². The molecule has 2 atom stereocenters. The lowest BCUT2D eigenvalue weighted by atomic mass is 9.71. The lowest BCUT2D eigenvalue weighted by Crippen LogP contribution is -2.54. The van der Waals surface area contributed by atoms with Crippen LogP contribution >= 0.6 is 15.9 Å². The zero-order chi connectivity index (χ0) is 14.2. The van der Waals surface area contributed by atoms with Crippen molar-refractivity contribution in [2.75, 3.05) is 13.1 Å². The van der Waals surface area contributed by atoms with E-state index in [1.807, 2.05) is 29.2 Å². The van der Waals surface area contributed by atoms with E-state index < -0.39 is 5.60 Å². The number of hydrogen-bond donors (Lipinski definition) is 1. The van der Waals surface area contributed by atoms with Gasteiger partial charge in [0.2, 0.25) is 0 Å². The molecule has 0 unspecified atom stereocenters. The van der Waals surface area contributed by atoms with E-state index >= 15 is 0 Å². The SMILES string of the molecule is O=C(c1cccc(Br)c1)N1CC[C@]2(O)CCCC[C@@H]2C1. The van der Waals surface area contributed by atoms with Gasteiger partial charge in [-0.1, -0.05) is 34.8 Å². The minimum absolute atomic E-state index is 0.0823. The normalized spacial score (nSPS) is 29.9. The zero-order valence-corrected chi connectivity index (χ0v) is 13.1. The Morgan fingerprint density at radius 2 is 2.20 bits per heavy atom. The number of aliphatic hydroxyl groups is 1. The van der Waals surface area contributed by atoms with E-state index in [-0.39, 0.29) is 11.8 Å². The maximum atomic E-state index is 12.6. The monoisotopic (exact) mass is 337 g/mol. The van der Waals surface area contributed by atoms with Crippen LogP contribution in [0, 0.1) is 5.92 Å². The number of benzene rings is 1. The van der Waals surface area contributed by atoms with Crippen LogP contribution in [0.3, 0.4) is 0 Å². The molecule has 1 aromatic rings. The molecule has 2 fully saturated rings. The molecular formula is C16H20BrNO2. The van der Waals surface area contributed by atoms with Crippen LogP contribution in [0.4, 0.5) is 0 Å². The smallest absolute Gasteiger partial charge is 0.253 e. The van der Waals surface area contributed by atoms with Crippen LogP contribution in [0.5, 0.6) is 0 Å². The van der Waals surface area contributed by atoms with Crippen molar-refractivity contribution in [3.63, 3.8) is 0 Å². The molecule has 0 aromatic heterocycles. The van der Waals surface area contributed by atoms with Crippen molar-refractivity contribution < 1.29 is 9.90 Å². The highest BCUT2D eigenvalue weighted by Crippen LogP contribution is 2.40. The molecule has 1 aliphatic heterocycles. The summed E-state index contributed by atoms with van der Waals surface area (Å²) in [5.41, 5.74) is 0.201. The van der Waals surface area contributed by atoms with Gasteiger partial charge in [-0.05, 0) is 37.5 Å². The lowest BCUT2D eigenvalue weighted by Gasteiger charge is -2.47. The molecule has 1 aromatic carbocycles. The largest absolute Gasteiger partial charge is 0.389 e. The molecule has 3 rings (SSSR count). The van der Waals surface area contributed by atoms with Gasteiger partial charge < -0.3 is 10.0 Å². The van der Waals surface area contributed by atoms with E-state index in [1.165, 1.54) is 6.42 Å². The number of carbonyl (C=O) groups excluding carboxylic acids is 1. The second-order valence-corrected chi connectivity index (χ2v) is 6.97. The third kappa shape index (κ3) is 2.63. The first-order valence-electron chi connectivity index (χ1n) is 7.36. The summed E-state index contributed by atoms with van der Waals surface area (Å²) in [4.78, 5) is 14.5. The number of amides is 1. The Kier molecular flexibility index (Phi) is 3.87. The van der Waals surface area contributed by atoms with Crippen LogP contribution in [0.25, 0.3) is 0 Å². The fourth-order valence-corrected chi connectivity index (χ4v) is 3.96. The second kappa shape index (κ2) is 5.49. The van der Waals surface area contributed by atoms with Crippen molar-refractivity contribution in [1.82, 2.24) is 4.90 Å². The number of fused-ring (bicyclic) bond motifs is 1. The summed E-state index contributed by atoms with van der Waals surface area (Å²) in [6.07, 6.45) is 4.95. The predicted molar refractivity (Wildman–Crippen MR) is 81.6 cm³/mol. The van der Waals surface area contributed by atoms with Gasteiger partial charge in [-0.25, -0.2) is 0 Å². The number of likely N-dealkylation sites (tertiary alicyclic amines) is 1. The summed E-state index contributed by atoms with van der Waals surface area (Å²) in [5.74, 6) is 0.333. The van der Waals surface area contributed by atoms with E-state index in [4.69, 9.17) is 0 Å². The molecule has 1 N–H and O–H groups in total. The minimum Gasteiger partial charge on any atom is -0.389 e. The highest BCUT2D eigenvalue weighted by molar-refractivity contribution is 9.10. The zero-order valence-electron chi connectivity index (χ0n) is 11.5. The van der Waals surface area contributed by atoms with Gasteiger partial charge in [-0.2, -0.15) is 0 Å². The molecule has 1 amide bonds. The van der Waals surface area contributed by atoms with E-state index in [9.17, 15) is 9.90 Å². The third-order valence-corrected chi connectivity index (χ3v) is 5.28. The molecule has 3 nitrogen and oxygen atoms in total. The molecule has 108 valence electrons. The van der Waals surface area contributed by atoms with Crippen LogP contribution in [0.1, 0.15) is 42.5 Å². The van der Waals surface area contributed by atoms with Crippen molar-refractivity contribution in [1.29, 1.82) is 0 Å². The van der Waals surface area contributed by atoms with Gasteiger partial charge in [-0.3, -0.25) is 4.79 Å². The van der Waals surface area contributed by atoms with Crippen molar-refractivity contribution in [2.45, 2.75) is 37.7 Å². The maximum Gasteiger partial charge on any atom is 0.253 e. The number of carbonyl (C=O) groups is 1. The van der Waals surface area contributed by atoms with Crippen molar-refractivity contribution >= 4 is 21.8 Å². The van der Waals surface area contributed by atoms with Crippen LogP contribution in [-0.2, 0) is 0 Å². The Morgan fingerprint density at radius 1 is 1.35 bits per heavy atom. The van der Waals surface area contributed by atoms with Crippen LogP contribution in [0.15, 0.2) is 28.7 Å². The van der Waals surface area contributed by atoms with Gasteiger partial charge in [-0.15, -0.1) is 0 Å². The Bertz CT molecular complexity index is 519. The average molecular weight is 338 g/mol. The van der Waals surface area contributed by atoms with E-state index in [1.54, 1.807) is 0 Å². The Hall–Kier alpha value is -0.870. The van der Waals surface area contributed by atoms with Crippen molar-refractivity contribution in [3.8, 4) is 0 Å². The van der Waals surface area contributed by atoms with Gasteiger partial charge >= 0.3 is 0 Å². The number of halogens is 1. The summed E-state index contributed by atoms with van der Waals surface area (Å²) in [6.45, 7) is 1.36. The van der Waals surface area contributed by atoms with Crippen LogP contribution < -0.4 is 0 Å². The minimum atomic E-state index is -0.522. The second-order valence-electron chi connectivity index (χ2n) is 6.06. The molecular weight excluding hydrogens is 318 g/mol. The molecule has 1 saturated heterocycles. The summed E-state index contributed by atoms with van der Waals surface area (Å²) >= 11 is 3.41. The lowest BCUT2D eigenvalue weighted by molar-refractivity contribution is -0.0886. The highest BCUT2D eigenvalue weighted by atomic mass is 79.9. The fourth-order valence-electron chi connectivity index (χ4n) is 3.56. The Labute approximate surface area is 128 Å². The standard InChI is InChI=1S/C16H20BrNO2/c17-14-6-3-4-12(10-14)15(19)18-9-8-16(20)7-2-1-5-13(16)11-18/h3-4,6,10,13,20H,1-2,5,7-9,11H2/t13-,16-/m1/s1. The molecule has 2 aliphatic rings. The quantitative estimate of drug-likeness (QED) is 0.854. The first-order valence-corrected chi connectivity index (χ1v) is 8.15. The third-order valence-electron chi connectivity index (χ3n) is 4.79. The highest BCUT2D eigenvalue weighted by Gasteiger charge is 2.43. The molecule has 0 spiro atoms. The van der Waals surface area contributed by atoms with E-state index in [0.717, 1.165) is 35.7 Å². The number of hydrogen-bond acceptors (Lipinski definition) is 2. The molecule has 20 heavy (non-hydrogen) atoms. The molecule has 1 heterocycles. The summed E-state index contributed by atoms with van der Waals surface area (Å²) < 4.78 is 0.925. The first kappa shape index (κ1) is 14.1. The number of piperidine rings is 1. The van der Waals surface area contributed by atoms with Crippen molar-refractivity contribution in [3.05, 3.63) is 34.3 Å². The summed E-state index contributed by atoms with van der Waals surface area (Å²) in [7, 11) is 0. The average Bonchev–Trinajstić information content (AvgIpc) is 2.45. The number of nitrogens with zero attached hydrogens (tertiary/aromatic N) is 1. The van der Waals surface area contributed by atoms with Crippen LogP contribution in [0.2, 0.25) is 0 Å². The van der Waals surface area contributed by atoms with Gasteiger partial charge in [0.15, 0.2) is 0 Å². The maximum absolute atomic E-state index is 12.6. The molecule has 1 saturated carbocycles. The first-order chi connectivity index (χ1) is 9.58. The fraction of sp³-hybridized carbons (Fsp3) is 0.562. The molecule has 4 heteroatoms. The predicted octanol–water partition coefficient (Wildman–Crippen LogP) is 3.22.